The predicted molar refractivity (Wildman–Crippen MR) is 74.0 cm³/mol. The third kappa shape index (κ3) is 2.99. The predicted octanol–water partition coefficient (Wildman–Crippen LogP) is 2.19. The lowest BCUT2D eigenvalue weighted by atomic mass is 10.2. The van der Waals surface area contributed by atoms with E-state index in [1.54, 1.807) is 0 Å². The number of hydrogen-bond donors (Lipinski definition) is 1. The fourth-order valence-corrected chi connectivity index (χ4v) is 1.91. The summed E-state index contributed by atoms with van der Waals surface area (Å²) in [4.78, 5) is 26.9. The van der Waals surface area contributed by atoms with Gasteiger partial charge in [0.25, 0.3) is 0 Å². The first-order valence-corrected chi connectivity index (χ1v) is 6.20. The number of carbonyl (C=O) groups is 2. The summed E-state index contributed by atoms with van der Waals surface area (Å²) in [6.45, 7) is 3.42. The van der Waals surface area contributed by atoms with E-state index in [0.29, 0.717) is 5.69 Å². The van der Waals surface area contributed by atoms with Crippen molar-refractivity contribution in [3.63, 3.8) is 0 Å². The van der Waals surface area contributed by atoms with Gasteiger partial charge < -0.3 is 14.7 Å². The second-order valence-corrected chi connectivity index (χ2v) is 4.67. The van der Waals surface area contributed by atoms with E-state index >= 15 is 0 Å². The summed E-state index contributed by atoms with van der Waals surface area (Å²) >= 11 is 0. The van der Waals surface area contributed by atoms with E-state index in [1.807, 2.05) is 36.7 Å². The first-order valence-electron chi connectivity index (χ1n) is 6.20. The molecule has 0 unspecified atom stereocenters. The molecule has 1 N–H and O–H groups in total. The molecule has 0 aliphatic heterocycles. The lowest BCUT2D eigenvalue weighted by Gasteiger charge is -2.04. The van der Waals surface area contributed by atoms with E-state index in [4.69, 9.17) is 0 Å². The number of benzene rings is 1. The molecule has 0 aliphatic rings. The molecule has 0 atom stereocenters. The Morgan fingerprint density at radius 2 is 2.05 bits per heavy atom. The molecule has 0 radical (unpaired) electrons. The van der Waals surface area contributed by atoms with Gasteiger partial charge in [-0.3, -0.25) is 4.79 Å². The molecule has 1 heterocycles. The van der Waals surface area contributed by atoms with Gasteiger partial charge in [0.15, 0.2) is 0 Å². The van der Waals surface area contributed by atoms with Crippen LogP contribution < -0.4 is 5.32 Å². The van der Waals surface area contributed by atoms with Crippen LogP contribution in [-0.2, 0) is 16.6 Å². The van der Waals surface area contributed by atoms with Gasteiger partial charge in [-0.15, -0.1) is 0 Å². The van der Waals surface area contributed by atoms with Crippen LogP contribution in [0.4, 0.5) is 5.69 Å². The number of nitrogens with one attached hydrogen (secondary N) is 1. The smallest absolute Gasteiger partial charge is 0.224 e. The maximum atomic E-state index is 11.6. The zero-order chi connectivity index (χ0) is 14.0. The Labute approximate surface area is 111 Å². The van der Waals surface area contributed by atoms with Crippen molar-refractivity contribution in [2.24, 2.45) is 7.05 Å². The van der Waals surface area contributed by atoms with Crippen molar-refractivity contribution in [2.45, 2.75) is 26.7 Å². The number of anilines is 1. The summed E-state index contributed by atoms with van der Waals surface area (Å²) in [5.41, 5.74) is 2.59. The molecule has 0 saturated carbocycles. The molecule has 5 heteroatoms. The second-order valence-electron chi connectivity index (χ2n) is 4.67. The number of rotatable bonds is 4. The quantitative estimate of drug-likeness (QED) is 0.915. The molecule has 1 aromatic heterocycles. The van der Waals surface area contributed by atoms with E-state index in [1.165, 1.54) is 6.92 Å². The number of aryl methyl sites for hydroxylation is 2. The molecular weight excluding hydrogens is 242 g/mol. The van der Waals surface area contributed by atoms with Crippen molar-refractivity contribution in [2.75, 3.05) is 5.32 Å². The van der Waals surface area contributed by atoms with Crippen molar-refractivity contribution in [1.82, 2.24) is 9.55 Å². The highest BCUT2D eigenvalue weighted by Gasteiger charge is 2.07. The Balaban J connectivity index is 2.13. The van der Waals surface area contributed by atoms with Gasteiger partial charge in [-0.1, -0.05) is 0 Å². The monoisotopic (exact) mass is 259 g/mol. The highest BCUT2D eigenvalue weighted by molar-refractivity contribution is 5.94. The molecule has 0 saturated heterocycles. The summed E-state index contributed by atoms with van der Waals surface area (Å²) in [5.74, 6) is 0.795. The topological polar surface area (TPSA) is 64.0 Å². The molecule has 5 nitrogen and oxygen atoms in total. The number of Topliss-reactive ketones (excluding diaryl/α,β-unsaturated/α-hetero) is 1. The molecule has 1 aromatic carbocycles. The van der Waals surface area contributed by atoms with E-state index in [9.17, 15) is 9.59 Å². The highest BCUT2D eigenvalue weighted by atomic mass is 16.2. The Morgan fingerprint density at radius 3 is 2.74 bits per heavy atom. The first-order chi connectivity index (χ1) is 8.97. The summed E-state index contributed by atoms with van der Waals surface area (Å²) in [5, 5.41) is 2.78. The minimum absolute atomic E-state index is 0.0194. The molecule has 19 heavy (non-hydrogen) atoms. The third-order valence-electron chi connectivity index (χ3n) is 3.09. The SMILES string of the molecule is CC(=O)CCC(=O)Nc1ccc2c(c1)nc(C)n2C. The standard InChI is InChI=1S/C14H17N3O2/c1-9(18)4-7-14(19)16-11-5-6-13-12(8-11)15-10(2)17(13)3/h5-6,8H,4,7H2,1-3H3,(H,16,19). The summed E-state index contributed by atoms with van der Waals surface area (Å²) in [6, 6.07) is 5.61. The van der Waals surface area contributed by atoms with Crippen molar-refractivity contribution in [3.05, 3.63) is 24.0 Å². The maximum absolute atomic E-state index is 11.6. The Bertz CT molecular complexity index is 643. The summed E-state index contributed by atoms with van der Waals surface area (Å²) in [7, 11) is 1.95. The maximum Gasteiger partial charge on any atom is 0.224 e. The van der Waals surface area contributed by atoms with Gasteiger partial charge in [-0.05, 0) is 32.0 Å². The van der Waals surface area contributed by atoms with Gasteiger partial charge in [0.05, 0.1) is 11.0 Å². The Hall–Kier alpha value is -2.17. The molecular formula is C14H17N3O2. The van der Waals surface area contributed by atoms with E-state index in [2.05, 4.69) is 10.3 Å². The minimum atomic E-state index is -0.151. The van der Waals surface area contributed by atoms with E-state index < -0.39 is 0 Å². The van der Waals surface area contributed by atoms with Crippen LogP contribution in [-0.4, -0.2) is 21.2 Å². The molecule has 1 amide bonds. The summed E-state index contributed by atoms with van der Waals surface area (Å²) in [6.07, 6.45) is 0.491. The fourth-order valence-electron chi connectivity index (χ4n) is 1.91. The molecule has 2 rings (SSSR count). The first kappa shape index (κ1) is 13.3. The van der Waals surface area contributed by atoms with Gasteiger partial charge in [-0.2, -0.15) is 0 Å². The van der Waals surface area contributed by atoms with Crippen molar-refractivity contribution >= 4 is 28.4 Å². The van der Waals surface area contributed by atoms with Crippen molar-refractivity contribution < 1.29 is 9.59 Å². The molecule has 100 valence electrons. The van der Waals surface area contributed by atoms with Crippen molar-refractivity contribution in [3.8, 4) is 0 Å². The van der Waals surface area contributed by atoms with Crippen LogP contribution in [0.15, 0.2) is 18.2 Å². The molecule has 0 spiro atoms. The second kappa shape index (κ2) is 5.22. The number of carbonyl (C=O) groups excluding carboxylic acids is 2. The van der Waals surface area contributed by atoms with Crippen molar-refractivity contribution in [1.29, 1.82) is 0 Å². The van der Waals surface area contributed by atoms with Crippen LogP contribution in [0.1, 0.15) is 25.6 Å². The summed E-state index contributed by atoms with van der Waals surface area (Å²) < 4.78 is 2.00. The zero-order valence-corrected chi connectivity index (χ0v) is 11.4. The van der Waals surface area contributed by atoms with Crippen LogP contribution in [0, 0.1) is 6.92 Å². The largest absolute Gasteiger partial charge is 0.331 e. The number of imidazole rings is 1. The number of ketones is 1. The number of aromatic nitrogens is 2. The van der Waals surface area contributed by atoms with Gasteiger partial charge in [0.2, 0.25) is 5.91 Å². The van der Waals surface area contributed by atoms with Crippen LogP contribution in [0.2, 0.25) is 0 Å². The van der Waals surface area contributed by atoms with Gasteiger partial charge in [-0.25, -0.2) is 4.98 Å². The van der Waals surface area contributed by atoms with Gasteiger partial charge in [0.1, 0.15) is 11.6 Å². The average molecular weight is 259 g/mol. The minimum Gasteiger partial charge on any atom is -0.331 e. The normalized spacial score (nSPS) is 10.7. The zero-order valence-electron chi connectivity index (χ0n) is 11.4. The lowest BCUT2D eigenvalue weighted by Crippen LogP contribution is -2.12. The van der Waals surface area contributed by atoms with Crippen LogP contribution >= 0.6 is 0 Å². The Morgan fingerprint density at radius 1 is 1.32 bits per heavy atom. The molecule has 0 aliphatic carbocycles. The Kier molecular flexibility index (Phi) is 3.64. The number of amides is 1. The highest BCUT2D eigenvalue weighted by Crippen LogP contribution is 2.19. The lowest BCUT2D eigenvalue weighted by molar-refractivity contribution is -0.121. The number of fused-ring (bicyclic) bond motifs is 1. The van der Waals surface area contributed by atoms with Crippen LogP contribution in [0.25, 0.3) is 11.0 Å². The average Bonchev–Trinajstić information content (AvgIpc) is 2.62. The van der Waals surface area contributed by atoms with Gasteiger partial charge in [0, 0.05) is 25.6 Å². The van der Waals surface area contributed by atoms with Crippen LogP contribution in [0.3, 0.4) is 0 Å². The van der Waals surface area contributed by atoms with E-state index in [0.717, 1.165) is 16.9 Å². The molecule has 0 bridgehead atoms. The molecule has 0 fully saturated rings. The van der Waals surface area contributed by atoms with E-state index in [-0.39, 0.29) is 24.5 Å². The number of hydrogen-bond acceptors (Lipinski definition) is 3. The number of nitrogens with zero attached hydrogens (tertiary/aromatic N) is 2. The van der Waals surface area contributed by atoms with Crippen LogP contribution in [0.5, 0.6) is 0 Å². The fraction of sp³-hybridized carbons (Fsp3) is 0.357. The van der Waals surface area contributed by atoms with Gasteiger partial charge >= 0.3 is 0 Å². The third-order valence-corrected chi connectivity index (χ3v) is 3.09. The molecule has 2 aromatic rings.